The van der Waals surface area contributed by atoms with Gasteiger partial charge in [0.25, 0.3) is 5.56 Å². The highest BCUT2D eigenvalue weighted by atomic mass is 32.1. The number of rotatable bonds is 12. The maximum atomic E-state index is 12.6. The van der Waals surface area contributed by atoms with E-state index in [4.69, 9.17) is 21.7 Å². The second-order valence-corrected chi connectivity index (χ2v) is 7.90. The van der Waals surface area contributed by atoms with Gasteiger partial charge in [-0.15, -0.1) is 0 Å². The van der Waals surface area contributed by atoms with Gasteiger partial charge < -0.3 is 19.8 Å². The molecule has 0 fully saturated rings. The Hall–Kier alpha value is -2.97. The molecular weight excluding hydrogens is 426 g/mol. The fourth-order valence-corrected chi connectivity index (χ4v) is 3.70. The molecule has 2 aromatic carbocycles. The van der Waals surface area contributed by atoms with E-state index in [9.17, 15) is 9.59 Å². The molecule has 1 heterocycles. The first-order valence-electron chi connectivity index (χ1n) is 10.8. The first kappa shape index (κ1) is 23.7. The van der Waals surface area contributed by atoms with Gasteiger partial charge in [-0.1, -0.05) is 30.7 Å². The Morgan fingerprint density at radius 2 is 1.94 bits per heavy atom. The van der Waals surface area contributed by atoms with Crippen LogP contribution in [0.4, 0.5) is 0 Å². The van der Waals surface area contributed by atoms with Crippen molar-refractivity contribution in [1.29, 1.82) is 0 Å². The van der Waals surface area contributed by atoms with E-state index >= 15 is 0 Å². The largest absolute Gasteiger partial charge is 0.491 e. The lowest BCUT2D eigenvalue weighted by Gasteiger charge is -2.09. The summed E-state index contributed by atoms with van der Waals surface area (Å²) in [5, 5.41) is 3.58. The summed E-state index contributed by atoms with van der Waals surface area (Å²) in [7, 11) is 1.63. The summed E-state index contributed by atoms with van der Waals surface area (Å²) >= 11 is 5.33. The normalized spacial score (nSPS) is 10.9. The number of methoxy groups -OCH3 is 1. The fourth-order valence-electron chi connectivity index (χ4n) is 3.41. The van der Waals surface area contributed by atoms with Crippen molar-refractivity contribution in [2.24, 2.45) is 0 Å². The summed E-state index contributed by atoms with van der Waals surface area (Å²) in [4.78, 5) is 27.9. The van der Waals surface area contributed by atoms with Crippen molar-refractivity contribution in [3.8, 4) is 5.75 Å². The molecule has 0 saturated heterocycles. The van der Waals surface area contributed by atoms with Crippen LogP contribution >= 0.6 is 12.2 Å². The molecule has 0 saturated carbocycles. The summed E-state index contributed by atoms with van der Waals surface area (Å²) in [6.45, 7) is 2.02. The van der Waals surface area contributed by atoms with Gasteiger partial charge in [-0.25, -0.2) is 0 Å². The van der Waals surface area contributed by atoms with Gasteiger partial charge in [-0.3, -0.25) is 14.2 Å². The highest BCUT2D eigenvalue weighted by Crippen LogP contribution is 2.13. The number of nitrogens with one attached hydrogen (secondary N) is 2. The molecule has 0 bridgehead atoms. The molecule has 0 aliphatic heterocycles. The van der Waals surface area contributed by atoms with E-state index in [1.54, 1.807) is 17.7 Å². The van der Waals surface area contributed by atoms with Crippen molar-refractivity contribution >= 4 is 29.0 Å². The van der Waals surface area contributed by atoms with Crippen molar-refractivity contribution in [3.63, 3.8) is 0 Å². The molecular formula is C24H29N3O4S. The van der Waals surface area contributed by atoms with Crippen molar-refractivity contribution < 1.29 is 14.3 Å². The minimum Gasteiger partial charge on any atom is -0.491 e. The molecule has 0 atom stereocenters. The number of para-hydroxylation sites is 1. The summed E-state index contributed by atoms with van der Waals surface area (Å²) < 4.78 is 12.6. The third-order valence-corrected chi connectivity index (χ3v) is 5.44. The molecule has 0 radical (unpaired) electrons. The molecule has 170 valence electrons. The molecule has 0 unspecified atom stereocenters. The van der Waals surface area contributed by atoms with Gasteiger partial charge in [-0.2, -0.15) is 0 Å². The van der Waals surface area contributed by atoms with E-state index in [1.807, 2.05) is 42.5 Å². The molecule has 1 aromatic heterocycles. The number of carbonyl (C=O) groups excluding carboxylic acids is 1. The number of unbranched alkanes of at least 4 members (excludes halogenated alkanes) is 2. The Morgan fingerprint density at radius 3 is 2.78 bits per heavy atom. The van der Waals surface area contributed by atoms with Crippen molar-refractivity contribution in [2.75, 3.05) is 20.3 Å². The first-order valence-corrected chi connectivity index (χ1v) is 11.2. The number of hydrogen-bond donors (Lipinski definition) is 2. The summed E-state index contributed by atoms with van der Waals surface area (Å²) in [6.07, 6.45) is 2.82. The van der Waals surface area contributed by atoms with Crippen LogP contribution in [-0.2, 0) is 22.6 Å². The molecule has 0 spiro atoms. The van der Waals surface area contributed by atoms with Crippen molar-refractivity contribution in [3.05, 3.63) is 69.2 Å². The predicted octanol–water partition coefficient (Wildman–Crippen LogP) is 3.96. The monoisotopic (exact) mass is 455 g/mol. The number of aromatic amines is 1. The lowest BCUT2D eigenvalue weighted by atomic mass is 10.1. The second kappa shape index (κ2) is 12.2. The minimum absolute atomic E-state index is 0.0101. The van der Waals surface area contributed by atoms with Crippen LogP contribution in [0.5, 0.6) is 5.75 Å². The van der Waals surface area contributed by atoms with E-state index in [0.29, 0.717) is 42.9 Å². The van der Waals surface area contributed by atoms with E-state index in [0.717, 1.165) is 36.1 Å². The molecule has 3 aromatic rings. The van der Waals surface area contributed by atoms with E-state index in [-0.39, 0.29) is 11.5 Å². The van der Waals surface area contributed by atoms with Crippen LogP contribution in [0.3, 0.4) is 0 Å². The Kier molecular flexibility index (Phi) is 9.01. The first-order chi connectivity index (χ1) is 15.6. The Labute approximate surface area is 192 Å². The number of nitrogens with zero attached hydrogens (tertiary/aromatic N) is 1. The van der Waals surface area contributed by atoms with E-state index in [1.165, 1.54) is 0 Å². The SMILES string of the molecule is COCCOc1cccc(CNC(=O)CCCCCn2c(=S)[nH]c3ccccc3c2=O)c1. The zero-order valence-corrected chi connectivity index (χ0v) is 19.1. The van der Waals surface area contributed by atoms with E-state index < -0.39 is 0 Å². The summed E-state index contributed by atoms with van der Waals surface area (Å²) in [6, 6.07) is 15.0. The van der Waals surface area contributed by atoms with Crippen molar-refractivity contribution in [2.45, 2.75) is 38.8 Å². The number of amides is 1. The maximum absolute atomic E-state index is 12.6. The van der Waals surface area contributed by atoms with Crippen LogP contribution in [-0.4, -0.2) is 35.8 Å². The Balaban J connectivity index is 1.39. The lowest BCUT2D eigenvalue weighted by molar-refractivity contribution is -0.121. The smallest absolute Gasteiger partial charge is 0.262 e. The number of fused-ring (bicyclic) bond motifs is 1. The number of ether oxygens (including phenoxy) is 2. The number of aromatic nitrogens is 2. The highest BCUT2D eigenvalue weighted by molar-refractivity contribution is 7.71. The van der Waals surface area contributed by atoms with Crippen molar-refractivity contribution in [1.82, 2.24) is 14.9 Å². The molecule has 2 N–H and O–H groups in total. The maximum Gasteiger partial charge on any atom is 0.262 e. The zero-order chi connectivity index (χ0) is 22.8. The van der Waals surface area contributed by atoms with Gasteiger partial charge in [0.15, 0.2) is 4.77 Å². The number of hydrogen-bond acceptors (Lipinski definition) is 5. The fraction of sp³-hybridized carbons (Fsp3) is 0.375. The third kappa shape index (κ3) is 6.77. The van der Waals surface area contributed by atoms with Crippen LogP contribution in [0.1, 0.15) is 31.2 Å². The quantitative estimate of drug-likeness (QED) is 0.319. The molecule has 0 aliphatic carbocycles. The van der Waals surface area contributed by atoms with Crippen LogP contribution in [0.15, 0.2) is 53.3 Å². The minimum atomic E-state index is -0.0736. The number of carbonyl (C=O) groups is 1. The van der Waals surface area contributed by atoms with Crippen LogP contribution in [0.2, 0.25) is 0 Å². The van der Waals surface area contributed by atoms with E-state index in [2.05, 4.69) is 10.3 Å². The number of H-pyrrole nitrogens is 1. The summed E-state index contributed by atoms with van der Waals surface area (Å²) in [5.41, 5.74) is 1.66. The second-order valence-electron chi connectivity index (χ2n) is 7.51. The predicted molar refractivity (Wildman–Crippen MR) is 128 cm³/mol. The van der Waals surface area contributed by atoms with Crippen LogP contribution in [0.25, 0.3) is 10.9 Å². The van der Waals surface area contributed by atoms with Gasteiger partial charge in [-0.05, 0) is 54.9 Å². The number of benzene rings is 2. The topological polar surface area (TPSA) is 85.3 Å². The Bertz CT molecular complexity index is 1160. The molecule has 0 aliphatic rings. The molecule has 8 heteroatoms. The zero-order valence-electron chi connectivity index (χ0n) is 18.3. The summed E-state index contributed by atoms with van der Waals surface area (Å²) in [5.74, 6) is 0.770. The standard InChI is InChI=1S/C24H29N3O4S/c1-30-14-15-31-19-9-7-8-18(16-19)17-25-22(28)12-3-2-6-13-27-23(29)20-10-4-5-11-21(20)26-24(27)32/h4-5,7-11,16H,2-3,6,12-15,17H2,1H3,(H,25,28)(H,26,32). The van der Waals surface area contributed by atoms with Crippen LogP contribution in [0, 0.1) is 4.77 Å². The van der Waals surface area contributed by atoms with Gasteiger partial charge in [0.2, 0.25) is 5.91 Å². The molecule has 32 heavy (non-hydrogen) atoms. The van der Waals surface area contributed by atoms with Gasteiger partial charge in [0.05, 0.1) is 17.5 Å². The van der Waals surface area contributed by atoms with Gasteiger partial charge in [0.1, 0.15) is 12.4 Å². The van der Waals surface area contributed by atoms with Gasteiger partial charge in [0, 0.05) is 26.6 Å². The van der Waals surface area contributed by atoms with Crippen LogP contribution < -0.4 is 15.6 Å². The third-order valence-electron chi connectivity index (χ3n) is 5.12. The molecule has 7 nitrogen and oxygen atoms in total. The average Bonchev–Trinajstić information content (AvgIpc) is 2.80. The van der Waals surface area contributed by atoms with Gasteiger partial charge >= 0.3 is 0 Å². The molecule has 3 rings (SSSR count). The molecule has 1 amide bonds. The Morgan fingerprint density at radius 1 is 1.09 bits per heavy atom. The average molecular weight is 456 g/mol. The highest BCUT2D eigenvalue weighted by Gasteiger charge is 2.06. The lowest BCUT2D eigenvalue weighted by Crippen LogP contribution is -2.23.